The minimum atomic E-state index is 0.549. The number of hydrogen-bond acceptors (Lipinski definition) is 3. The van der Waals surface area contributed by atoms with Gasteiger partial charge in [-0.05, 0) is 12.1 Å². The van der Waals surface area contributed by atoms with Crippen LogP contribution in [0.4, 0.5) is 0 Å². The van der Waals surface area contributed by atoms with Gasteiger partial charge < -0.3 is 0 Å². The number of aromatic amines is 1. The van der Waals surface area contributed by atoms with E-state index >= 15 is 0 Å². The zero-order valence-electron chi connectivity index (χ0n) is 6.77. The molecule has 0 atom stereocenters. The van der Waals surface area contributed by atoms with Gasteiger partial charge in [0.2, 0.25) is 0 Å². The van der Waals surface area contributed by atoms with Crippen LogP contribution in [0.3, 0.4) is 0 Å². The Morgan fingerprint density at radius 3 is 3.00 bits per heavy atom. The van der Waals surface area contributed by atoms with Crippen LogP contribution in [-0.4, -0.2) is 21.5 Å². The topological polar surface area (TPSA) is 58.6 Å². The number of nitrogens with one attached hydrogen (secondary N) is 1. The average molecular weight is 173 g/mol. The summed E-state index contributed by atoms with van der Waals surface area (Å²) in [5.74, 6) is 0. The van der Waals surface area contributed by atoms with Crippen molar-refractivity contribution >= 4 is 6.29 Å². The summed E-state index contributed by atoms with van der Waals surface area (Å²) in [7, 11) is 0. The van der Waals surface area contributed by atoms with Gasteiger partial charge in [0.15, 0.2) is 6.29 Å². The van der Waals surface area contributed by atoms with E-state index in [2.05, 4.69) is 15.2 Å². The predicted octanol–water partition coefficient (Wildman–Crippen LogP) is 1.28. The van der Waals surface area contributed by atoms with E-state index in [1.807, 2.05) is 12.1 Å². The predicted molar refractivity (Wildman–Crippen MR) is 47.2 cm³/mol. The molecule has 0 unspecified atom stereocenters. The summed E-state index contributed by atoms with van der Waals surface area (Å²) in [5, 5.41) is 6.54. The van der Waals surface area contributed by atoms with E-state index in [0.29, 0.717) is 11.3 Å². The summed E-state index contributed by atoms with van der Waals surface area (Å²) < 4.78 is 0. The van der Waals surface area contributed by atoms with Crippen LogP contribution in [0.1, 0.15) is 10.4 Å². The van der Waals surface area contributed by atoms with E-state index in [0.717, 1.165) is 11.8 Å². The Bertz CT molecular complexity index is 408. The van der Waals surface area contributed by atoms with Gasteiger partial charge in [-0.15, -0.1) is 0 Å². The molecule has 2 aromatic heterocycles. The molecule has 0 aliphatic rings. The van der Waals surface area contributed by atoms with E-state index in [1.165, 1.54) is 6.20 Å². The molecule has 2 aromatic rings. The maximum Gasteiger partial charge on any atom is 0.153 e. The molecule has 0 saturated carbocycles. The molecular formula is C9H7N3O. The summed E-state index contributed by atoms with van der Waals surface area (Å²) in [5.41, 5.74) is 2.12. The van der Waals surface area contributed by atoms with Crippen molar-refractivity contribution in [2.45, 2.75) is 0 Å². The third-order valence-corrected chi connectivity index (χ3v) is 1.75. The fraction of sp³-hybridized carbons (Fsp3) is 0. The Kier molecular flexibility index (Phi) is 1.88. The molecule has 0 bridgehead atoms. The van der Waals surface area contributed by atoms with Crippen LogP contribution in [0.15, 0.2) is 30.7 Å². The SMILES string of the molecule is O=Cc1cn[nH]c1-c1cccnc1. The monoisotopic (exact) mass is 173 g/mol. The normalized spacial score (nSPS) is 9.85. The molecule has 0 spiro atoms. The average Bonchev–Trinajstić information content (AvgIpc) is 2.67. The standard InChI is InChI=1S/C9H7N3O/c13-6-8-5-11-12-9(8)7-2-1-3-10-4-7/h1-6H,(H,11,12). The highest BCUT2D eigenvalue weighted by atomic mass is 16.1. The van der Waals surface area contributed by atoms with Crippen molar-refractivity contribution in [3.63, 3.8) is 0 Å². The lowest BCUT2D eigenvalue weighted by molar-refractivity contribution is 0.112. The Labute approximate surface area is 74.6 Å². The van der Waals surface area contributed by atoms with Gasteiger partial charge in [0, 0.05) is 18.0 Å². The first kappa shape index (κ1) is 7.67. The van der Waals surface area contributed by atoms with Crippen LogP contribution >= 0.6 is 0 Å². The van der Waals surface area contributed by atoms with Gasteiger partial charge in [-0.2, -0.15) is 5.10 Å². The van der Waals surface area contributed by atoms with E-state index in [9.17, 15) is 4.79 Å². The van der Waals surface area contributed by atoms with Crippen LogP contribution < -0.4 is 0 Å². The minimum Gasteiger partial charge on any atom is -0.298 e. The van der Waals surface area contributed by atoms with Gasteiger partial charge in [-0.3, -0.25) is 14.9 Å². The molecule has 64 valence electrons. The highest BCUT2D eigenvalue weighted by molar-refractivity contribution is 5.84. The number of rotatable bonds is 2. The Morgan fingerprint density at radius 2 is 2.31 bits per heavy atom. The first-order valence-corrected chi connectivity index (χ1v) is 3.81. The van der Waals surface area contributed by atoms with E-state index < -0.39 is 0 Å². The van der Waals surface area contributed by atoms with Gasteiger partial charge in [0.05, 0.1) is 17.5 Å². The quantitative estimate of drug-likeness (QED) is 0.696. The molecule has 0 saturated heterocycles. The lowest BCUT2D eigenvalue weighted by Gasteiger charge is -1.95. The summed E-state index contributed by atoms with van der Waals surface area (Å²) in [6.45, 7) is 0. The van der Waals surface area contributed by atoms with Gasteiger partial charge in [0.25, 0.3) is 0 Å². The molecule has 0 radical (unpaired) electrons. The summed E-state index contributed by atoms with van der Waals surface area (Å²) in [4.78, 5) is 14.5. The molecule has 0 amide bonds. The van der Waals surface area contributed by atoms with Gasteiger partial charge in [-0.1, -0.05) is 0 Å². The highest BCUT2D eigenvalue weighted by Gasteiger charge is 2.05. The number of pyridine rings is 1. The molecule has 1 N–H and O–H groups in total. The maximum atomic E-state index is 10.6. The Hall–Kier alpha value is -1.97. The van der Waals surface area contributed by atoms with E-state index in [4.69, 9.17) is 0 Å². The zero-order valence-corrected chi connectivity index (χ0v) is 6.77. The minimum absolute atomic E-state index is 0.549. The number of nitrogens with zero attached hydrogens (tertiary/aromatic N) is 2. The van der Waals surface area contributed by atoms with Crippen molar-refractivity contribution in [2.24, 2.45) is 0 Å². The molecule has 0 aliphatic carbocycles. The van der Waals surface area contributed by atoms with E-state index in [1.54, 1.807) is 12.4 Å². The number of hydrogen-bond donors (Lipinski definition) is 1. The second-order valence-electron chi connectivity index (χ2n) is 2.56. The summed E-state index contributed by atoms with van der Waals surface area (Å²) in [6.07, 6.45) is 5.63. The van der Waals surface area contributed by atoms with Crippen molar-refractivity contribution in [2.75, 3.05) is 0 Å². The first-order valence-electron chi connectivity index (χ1n) is 3.81. The Balaban J connectivity index is 2.52. The number of H-pyrrole nitrogens is 1. The van der Waals surface area contributed by atoms with Crippen molar-refractivity contribution < 1.29 is 4.79 Å². The van der Waals surface area contributed by atoms with Crippen LogP contribution in [0, 0.1) is 0 Å². The number of carbonyl (C=O) groups is 1. The van der Waals surface area contributed by atoms with Crippen molar-refractivity contribution in [1.82, 2.24) is 15.2 Å². The maximum absolute atomic E-state index is 10.6. The molecule has 2 heterocycles. The smallest absolute Gasteiger partial charge is 0.153 e. The fourth-order valence-electron chi connectivity index (χ4n) is 1.13. The number of aromatic nitrogens is 3. The molecule has 0 aromatic carbocycles. The van der Waals surface area contributed by atoms with Crippen molar-refractivity contribution in [1.29, 1.82) is 0 Å². The third-order valence-electron chi connectivity index (χ3n) is 1.75. The van der Waals surface area contributed by atoms with Crippen LogP contribution in [-0.2, 0) is 0 Å². The van der Waals surface area contributed by atoms with Gasteiger partial charge in [-0.25, -0.2) is 0 Å². The molecular weight excluding hydrogens is 166 g/mol. The van der Waals surface area contributed by atoms with Crippen LogP contribution in [0.5, 0.6) is 0 Å². The molecule has 0 fully saturated rings. The largest absolute Gasteiger partial charge is 0.298 e. The van der Waals surface area contributed by atoms with Crippen LogP contribution in [0.25, 0.3) is 11.3 Å². The third kappa shape index (κ3) is 1.33. The molecule has 2 rings (SSSR count). The van der Waals surface area contributed by atoms with Crippen LogP contribution in [0.2, 0.25) is 0 Å². The van der Waals surface area contributed by atoms with Crippen molar-refractivity contribution in [3.8, 4) is 11.3 Å². The highest BCUT2D eigenvalue weighted by Crippen LogP contribution is 2.17. The lowest BCUT2D eigenvalue weighted by atomic mass is 10.1. The molecule has 0 aliphatic heterocycles. The Morgan fingerprint density at radius 1 is 1.38 bits per heavy atom. The molecule has 4 nitrogen and oxygen atoms in total. The second kappa shape index (κ2) is 3.18. The van der Waals surface area contributed by atoms with E-state index in [-0.39, 0.29) is 0 Å². The second-order valence-corrected chi connectivity index (χ2v) is 2.56. The van der Waals surface area contributed by atoms with Gasteiger partial charge in [0.1, 0.15) is 0 Å². The fourth-order valence-corrected chi connectivity index (χ4v) is 1.13. The van der Waals surface area contributed by atoms with Gasteiger partial charge >= 0.3 is 0 Å². The van der Waals surface area contributed by atoms with Crippen molar-refractivity contribution in [3.05, 3.63) is 36.3 Å². The first-order chi connectivity index (χ1) is 6.42. The lowest BCUT2D eigenvalue weighted by Crippen LogP contribution is -1.84. The summed E-state index contributed by atoms with van der Waals surface area (Å²) in [6, 6.07) is 3.68. The number of carbonyl (C=O) groups excluding carboxylic acids is 1. The summed E-state index contributed by atoms with van der Waals surface area (Å²) >= 11 is 0. The number of aldehydes is 1. The molecule has 13 heavy (non-hydrogen) atoms. The zero-order chi connectivity index (χ0) is 9.10. The molecule has 4 heteroatoms.